The summed E-state index contributed by atoms with van der Waals surface area (Å²) in [5.74, 6) is 1.31. The van der Waals surface area contributed by atoms with Crippen molar-refractivity contribution in [3.63, 3.8) is 0 Å². The van der Waals surface area contributed by atoms with Crippen molar-refractivity contribution in [2.24, 2.45) is 11.8 Å². The molecular weight excluding hydrogens is 238 g/mol. The quantitative estimate of drug-likeness (QED) is 0.498. The van der Waals surface area contributed by atoms with Crippen LogP contribution in [-0.4, -0.2) is 37.5 Å². The van der Waals surface area contributed by atoms with Crippen LogP contribution < -0.4 is 5.32 Å². The summed E-state index contributed by atoms with van der Waals surface area (Å²) in [5.41, 5.74) is 0. The van der Waals surface area contributed by atoms with Gasteiger partial charge in [0.2, 0.25) is 0 Å². The molecule has 0 amide bonds. The maximum atomic E-state index is 9.78. The second kappa shape index (κ2) is 10.2. The minimum atomic E-state index is -0.403. The lowest BCUT2D eigenvalue weighted by Gasteiger charge is -2.25. The molecule has 0 fully saturated rings. The highest BCUT2D eigenvalue weighted by Gasteiger charge is 2.18. The number of nitrogens with one attached hydrogen (secondary N) is 1. The predicted molar refractivity (Wildman–Crippen MR) is 80.2 cm³/mol. The molecule has 0 aromatic carbocycles. The summed E-state index contributed by atoms with van der Waals surface area (Å²) in [6.07, 6.45) is 11.5. The summed E-state index contributed by atoms with van der Waals surface area (Å²) in [5, 5.41) is 13.0. The Kier molecular flexibility index (Phi) is 8.80. The van der Waals surface area contributed by atoms with E-state index in [0.717, 1.165) is 32.4 Å². The lowest BCUT2D eigenvalue weighted by molar-refractivity contribution is 0.0130. The number of allylic oxidation sites excluding steroid dienone is 3. The molecule has 19 heavy (non-hydrogen) atoms. The molecule has 0 saturated heterocycles. The van der Waals surface area contributed by atoms with Crippen molar-refractivity contribution in [1.82, 2.24) is 5.32 Å². The number of aliphatic hydroxyl groups excluding tert-OH is 1. The van der Waals surface area contributed by atoms with Gasteiger partial charge in [0, 0.05) is 6.54 Å². The van der Waals surface area contributed by atoms with Gasteiger partial charge in [0.1, 0.15) is 0 Å². The summed E-state index contributed by atoms with van der Waals surface area (Å²) >= 11 is 0. The molecule has 3 heteroatoms. The Morgan fingerprint density at radius 2 is 2.21 bits per heavy atom. The van der Waals surface area contributed by atoms with Gasteiger partial charge in [-0.2, -0.15) is 0 Å². The van der Waals surface area contributed by atoms with Crippen molar-refractivity contribution in [2.75, 3.05) is 26.3 Å². The maximum absolute atomic E-state index is 9.78. The average Bonchev–Trinajstić information content (AvgIpc) is 2.41. The molecule has 3 atom stereocenters. The number of hydrogen-bond donors (Lipinski definition) is 2. The van der Waals surface area contributed by atoms with Crippen LogP contribution in [0, 0.1) is 11.8 Å². The Balaban J connectivity index is 2.00. The molecule has 2 N–H and O–H groups in total. The third-order valence-electron chi connectivity index (χ3n) is 3.66. The third kappa shape index (κ3) is 7.51. The maximum Gasteiger partial charge on any atom is 0.0897 e. The van der Waals surface area contributed by atoms with Gasteiger partial charge in [-0.15, -0.1) is 0 Å². The molecule has 0 bridgehead atoms. The molecule has 0 heterocycles. The van der Waals surface area contributed by atoms with Crippen LogP contribution in [0.1, 0.15) is 33.1 Å². The zero-order valence-corrected chi connectivity index (χ0v) is 12.3. The van der Waals surface area contributed by atoms with Gasteiger partial charge in [-0.3, -0.25) is 0 Å². The summed E-state index contributed by atoms with van der Waals surface area (Å²) in [6, 6.07) is 0. The highest BCUT2D eigenvalue weighted by atomic mass is 16.5. The van der Waals surface area contributed by atoms with Crippen molar-refractivity contribution in [3.8, 4) is 0 Å². The van der Waals surface area contributed by atoms with E-state index in [9.17, 15) is 5.11 Å². The van der Waals surface area contributed by atoms with Crippen molar-refractivity contribution in [1.29, 1.82) is 0 Å². The van der Waals surface area contributed by atoms with Crippen molar-refractivity contribution in [2.45, 2.75) is 39.2 Å². The molecule has 0 aromatic heterocycles. The molecule has 0 saturated carbocycles. The molecule has 1 rings (SSSR count). The Morgan fingerprint density at radius 1 is 1.42 bits per heavy atom. The van der Waals surface area contributed by atoms with E-state index in [4.69, 9.17) is 4.74 Å². The monoisotopic (exact) mass is 267 g/mol. The van der Waals surface area contributed by atoms with Gasteiger partial charge in [0.15, 0.2) is 0 Å². The third-order valence-corrected chi connectivity index (χ3v) is 3.66. The Hall–Kier alpha value is -0.640. The summed E-state index contributed by atoms with van der Waals surface area (Å²) < 4.78 is 5.65. The van der Waals surface area contributed by atoms with E-state index < -0.39 is 6.10 Å². The zero-order chi connectivity index (χ0) is 13.9. The van der Waals surface area contributed by atoms with E-state index in [1.165, 1.54) is 0 Å². The van der Waals surface area contributed by atoms with Crippen LogP contribution >= 0.6 is 0 Å². The number of aliphatic hydroxyl groups is 1. The normalized spacial score (nSPS) is 25.0. The van der Waals surface area contributed by atoms with Crippen LogP contribution in [0.3, 0.4) is 0 Å². The molecular formula is C16H29NO2. The first-order valence-electron chi connectivity index (χ1n) is 7.46. The Labute approximate surface area is 117 Å². The minimum Gasteiger partial charge on any atom is -0.389 e. The van der Waals surface area contributed by atoms with Crippen LogP contribution in [0.25, 0.3) is 0 Å². The summed E-state index contributed by atoms with van der Waals surface area (Å²) in [6.45, 7) is 7.01. The standard InChI is InChI=1S/C16H29NO2/c1-3-4-7-10-17-11-16(18)13-19-12-15-9-6-5-8-14(15)2/h3-6,14-18H,7-13H2,1-2H3/b4-3+. The van der Waals surface area contributed by atoms with Gasteiger partial charge in [-0.05, 0) is 44.6 Å². The lowest BCUT2D eigenvalue weighted by Crippen LogP contribution is -2.32. The van der Waals surface area contributed by atoms with Crippen LogP contribution in [0.15, 0.2) is 24.3 Å². The molecule has 0 radical (unpaired) electrons. The number of rotatable bonds is 9. The van der Waals surface area contributed by atoms with Crippen LogP contribution in [0.2, 0.25) is 0 Å². The van der Waals surface area contributed by atoms with Crippen LogP contribution in [-0.2, 0) is 4.74 Å². The fourth-order valence-electron chi connectivity index (χ4n) is 2.27. The SMILES string of the molecule is C/C=C/CCNCC(O)COCC1CC=CCC1C. The van der Waals surface area contributed by atoms with Crippen molar-refractivity contribution in [3.05, 3.63) is 24.3 Å². The van der Waals surface area contributed by atoms with E-state index in [1.54, 1.807) is 0 Å². The topological polar surface area (TPSA) is 41.5 Å². The van der Waals surface area contributed by atoms with E-state index >= 15 is 0 Å². The van der Waals surface area contributed by atoms with E-state index in [0.29, 0.717) is 25.0 Å². The van der Waals surface area contributed by atoms with E-state index in [2.05, 4.69) is 30.5 Å². The van der Waals surface area contributed by atoms with E-state index in [-0.39, 0.29) is 0 Å². The van der Waals surface area contributed by atoms with Crippen molar-refractivity contribution < 1.29 is 9.84 Å². The highest BCUT2D eigenvalue weighted by molar-refractivity contribution is 4.93. The fourth-order valence-corrected chi connectivity index (χ4v) is 2.27. The second-order valence-electron chi connectivity index (χ2n) is 5.43. The molecule has 110 valence electrons. The second-order valence-corrected chi connectivity index (χ2v) is 5.43. The van der Waals surface area contributed by atoms with Gasteiger partial charge in [-0.25, -0.2) is 0 Å². The highest BCUT2D eigenvalue weighted by Crippen LogP contribution is 2.24. The molecule has 0 aromatic rings. The first kappa shape index (κ1) is 16.4. The lowest BCUT2D eigenvalue weighted by atomic mass is 9.85. The molecule has 0 aliphatic heterocycles. The van der Waals surface area contributed by atoms with Gasteiger partial charge >= 0.3 is 0 Å². The smallest absolute Gasteiger partial charge is 0.0897 e. The van der Waals surface area contributed by atoms with Gasteiger partial charge < -0.3 is 15.2 Å². The summed E-state index contributed by atoms with van der Waals surface area (Å²) in [4.78, 5) is 0. The predicted octanol–water partition coefficient (Wildman–Crippen LogP) is 2.52. The van der Waals surface area contributed by atoms with Crippen LogP contribution in [0.4, 0.5) is 0 Å². The molecule has 1 aliphatic rings. The Morgan fingerprint density at radius 3 is 2.95 bits per heavy atom. The Bertz CT molecular complexity index is 276. The van der Waals surface area contributed by atoms with Crippen LogP contribution in [0.5, 0.6) is 0 Å². The largest absolute Gasteiger partial charge is 0.389 e. The zero-order valence-electron chi connectivity index (χ0n) is 12.3. The summed E-state index contributed by atoms with van der Waals surface area (Å²) in [7, 11) is 0. The molecule has 1 aliphatic carbocycles. The minimum absolute atomic E-state index is 0.403. The first-order chi connectivity index (χ1) is 9.24. The molecule has 3 unspecified atom stereocenters. The molecule has 0 spiro atoms. The van der Waals surface area contributed by atoms with Gasteiger partial charge in [0.25, 0.3) is 0 Å². The molecule has 3 nitrogen and oxygen atoms in total. The van der Waals surface area contributed by atoms with Gasteiger partial charge in [0.05, 0.1) is 19.3 Å². The van der Waals surface area contributed by atoms with Crippen molar-refractivity contribution >= 4 is 0 Å². The fraction of sp³-hybridized carbons (Fsp3) is 0.750. The van der Waals surface area contributed by atoms with E-state index in [1.807, 2.05) is 13.0 Å². The number of hydrogen-bond acceptors (Lipinski definition) is 3. The van der Waals surface area contributed by atoms with Gasteiger partial charge in [-0.1, -0.05) is 31.2 Å². The first-order valence-corrected chi connectivity index (χ1v) is 7.46. The average molecular weight is 267 g/mol. The number of ether oxygens (including phenoxy) is 1.